The smallest absolute Gasteiger partial charge is 0.313 e. The van der Waals surface area contributed by atoms with Crippen LogP contribution < -0.4 is 15.5 Å². The van der Waals surface area contributed by atoms with Crippen molar-refractivity contribution in [2.45, 2.75) is 12.8 Å². The van der Waals surface area contributed by atoms with Gasteiger partial charge in [-0.25, -0.2) is 4.98 Å². The number of benzene rings is 1. The van der Waals surface area contributed by atoms with E-state index >= 15 is 0 Å². The first-order valence-corrected chi connectivity index (χ1v) is 9.40. The quantitative estimate of drug-likeness (QED) is 0.772. The number of carbonyl (C=O) groups is 2. The molecule has 3 rings (SSSR count). The third kappa shape index (κ3) is 4.78. The number of nitrogens with zero attached hydrogens (tertiary/aromatic N) is 3. The zero-order valence-electron chi connectivity index (χ0n) is 15.2. The van der Waals surface area contributed by atoms with Gasteiger partial charge in [0.2, 0.25) is 0 Å². The Kier molecular flexibility index (Phi) is 6.45. The fraction of sp³-hybridized carbons (Fsp3) is 0.300. The minimum absolute atomic E-state index is 0.266. The minimum Gasteiger partial charge on any atom is -0.356 e. The van der Waals surface area contributed by atoms with Gasteiger partial charge in [0.15, 0.2) is 0 Å². The summed E-state index contributed by atoms with van der Waals surface area (Å²) in [7, 11) is 0. The maximum absolute atomic E-state index is 12.0. The summed E-state index contributed by atoms with van der Waals surface area (Å²) in [6.45, 7) is 1.92. The van der Waals surface area contributed by atoms with Crippen LogP contribution in [0.3, 0.4) is 0 Å². The van der Waals surface area contributed by atoms with Crippen molar-refractivity contribution in [3.63, 3.8) is 0 Å². The number of nitriles is 1. The number of carbonyl (C=O) groups excluding carboxylic acids is 2. The number of halogens is 1. The summed E-state index contributed by atoms with van der Waals surface area (Å²) in [5.74, 6) is -0.453. The van der Waals surface area contributed by atoms with Crippen molar-refractivity contribution in [1.29, 1.82) is 5.26 Å². The monoisotopic (exact) mass is 397 g/mol. The first kappa shape index (κ1) is 19.6. The van der Waals surface area contributed by atoms with Crippen molar-refractivity contribution in [2.24, 2.45) is 5.92 Å². The predicted molar refractivity (Wildman–Crippen MR) is 107 cm³/mol. The summed E-state index contributed by atoms with van der Waals surface area (Å²) in [6.07, 6.45) is 3.36. The topological polar surface area (TPSA) is 98.1 Å². The number of amides is 2. The average molecular weight is 398 g/mol. The van der Waals surface area contributed by atoms with Gasteiger partial charge in [-0.15, -0.1) is 0 Å². The van der Waals surface area contributed by atoms with Gasteiger partial charge in [-0.3, -0.25) is 9.59 Å². The van der Waals surface area contributed by atoms with E-state index in [1.807, 2.05) is 0 Å². The molecule has 1 fully saturated rings. The summed E-state index contributed by atoms with van der Waals surface area (Å²) in [4.78, 5) is 30.5. The van der Waals surface area contributed by atoms with Crippen molar-refractivity contribution in [2.75, 3.05) is 29.9 Å². The lowest BCUT2D eigenvalue weighted by Gasteiger charge is -2.33. The molecule has 28 heavy (non-hydrogen) atoms. The summed E-state index contributed by atoms with van der Waals surface area (Å²) < 4.78 is 0. The fourth-order valence-electron chi connectivity index (χ4n) is 3.14. The Labute approximate surface area is 168 Å². The Morgan fingerprint density at radius 1 is 1.18 bits per heavy atom. The van der Waals surface area contributed by atoms with Gasteiger partial charge in [0, 0.05) is 25.8 Å². The molecule has 2 aromatic rings. The van der Waals surface area contributed by atoms with Crippen LogP contribution in [0.2, 0.25) is 5.02 Å². The van der Waals surface area contributed by atoms with Crippen molar-refractivity contribution in [1.82, 2.24) is 10.3 Å². The Hall–Kier alpha value is -3.11. The highest BCUT2D eigenvalue weighted by Gasteiger charge is 2.23. The van der Waals surface area contributed by atoms with Crippen LogP contribution in [0.15, 0.2) is 42.6 Å². The Morgan fingerprint density at radius 2 is 1.93 bits per heavy atom. The van der Waals surface area contributed by atoms with Crippen molar-refractivity contribution < 1.29 is 9.59 Å². The zero-order valence-corrected chi connectivity index (χ0v) is 15.9. The molecule has 2 amide bonds. The van der Waals surface area contributed by atoms with Crippen LogP contribution in [-0.4, -0.2) is 36.4 Å². The van der Waals surface area contributed by atoms with Gasteiger partial charge in [-0.2, -0.15) is 5.26 Å². The number of anilines is 2. The number of nitrogens with one attached hydrogen (secondary N) is 2. The summed E-state index contributed by atoms with van der Waals surface area (Å²) in [5.41, 5.74) is 0.965. The van der Waals surface area contributed by atoms with Gasteiger partial charge in [-0.05, 0) is 43.0 Å². The lowest BCUT2D eigenvalue weighted by molar-refractivity contribution is -0.136. The SMILES string of the molecule is N#Cc1cccnc1N1CCC(CNC(=O)C(=O)Nc2ccccc2Cl)CC1. The molecule has 0 atom stereocenters. The van der Waals surface area contributed by atoms with E-state index in [-0.39, 0.29) is 5.92 Å². The molecular formula is C20H20ClN5O2. The molecule has 0 bridgehead atoms. The molecule has 0 radical (unpaired) electrons. The van der Waals surface area contributed by atoms with Crippen LogP contribution in [0.5, 0.6) is 0 Å². The van der Waals surface area contributed by atoms with E-state index in [4.69, 9.17) is 11.6 Å². The van der Waals surface area contributed by atoms with Crippen LogP contribution in [0.1, 0.15) is 18.4 Å². The molecule has 2 N–H and O–H groups in total. The summed E-state index contributed by atoms with van der Waals surface area (Å²) in [6, 6.07) is 12.4. The maximum Gasteiger partial charge on any atom is 0.313 e. The maximum atomic E-state index is 12.0. The molecule has 144 valence electrons. The third-order valence-corrected chi connectivity index (χ3v) is 5.03. The Bertz CT molecular complexity index is 903. The molecule has 8 heteroatoms. The largest absolute Gasteiger partial charge is 0.356 e. The number of hydrogen-bond donors (Lipinski definition) is 2. The first-order valence-electron chi connectivity index (χ1n) is 9.02. The Morgan fingerprint density at radius 3 is 2.64 bits per heavy atom. The van der Waals surface area contributed by atoms with E-state index < -0.39 is 11.8 Å². The van der Waals surface area contributed by atoms with Gasteiger partial charge in [0.25, 0.3) is 0 Å². The molecule has 1 aliphatic heterocycles. The van der Waals surface area contributed by atoms with Gasteiger partial charge >= 0.3 is 11.8 Å². The van der Waals surface area contributed by atoms with Crippen LogP contribution in [0.4, 0.5) is 11.5 Å². The van der Waals surface area contributed by atoms with E-state index in [0.717, 1.165) is 25.9 Å². The molecule has 1 aromatic heterocycles. The Balaban J connectivity index is 1.46. The van der Waals surface area contributed by atoms with Crippen molar-refractivity contribution in [3.8, 4) is 6.07 Å². The molecule has 0 spiro atoms. The number of hydrogen-bond acceptors (Lipinski definition) is 5. The van der Waals surface area contributed by atoms with Crippen molar-refractivity contribution >= 4 is 34.9 Å². The van der Waals surface area contributed by atoms with E-state index in [1.165, 1.54) is 0 Å². The fourth-order valence-corrected chi connectivity index (χ4v) is 3.33. The van der Waals surface area contributed by atoms with Gasteiger partial charge in [-0.1, -0.05) is 23.7 Å². The van der Waals surface area contributed by atoms with E-state index in [2.05, 4.69) is 26.6 Å². The molecule has 0 unspecified atom stereocenters. The lowest BCUT2D eigenvalue weighted by atomic mass is 9.96. The molecule has 2 heterocycles. The summed E-state index contributed by atoms with van der Waals surface area (Å²) >= 11 is 5.98. The highest BCUT2D eigenvalue weighted by molar-refractivity contribution is 6.41. The number of pyridine rings is 1. The first-order chi connectivity index (χ1) is 13.6. The van der Waals surface area contributed by atoms with Crippen LogP contribution in [-0.2, 0) is 9.59 Å². The molecule has 1 aliphatic rings. The molecule has 0 saturated carbocycles. The van der Waals surface area contributed by atoms with Gasteiger partial charge in [0.05, 0.1) is 16.3 Å². The number of rotatable bonds is 4. The highest BCUT2D eigenvalue weighted by atomic mass is 35.5. The van der Waals surface area contributed by atoms with Gasteiger partial charge in [0.1, 0.15) is 11.9 Å². The second-order valence-corrected chi connectivity index (χ2v) is 6.97. The van der Waals surface area contributed by atoms with E-state index in [1.54, 1.807) is 42.6 Å². The lowest BCUT2D eigenvalue weighted by Crippen LogP contribution is -2.42. The normalized spacial score (nSPS) is 14.2. The van der Waals surface area contributed by atoms with Crippen LogP contribution >= 0.6 is 11.6 Å². The van der Waals surface area contributed by atoms with E-state index in [9.17, 15) is 14.9 Å². The second kappa shape index (κ2) is 9.20. The van der Waals surface area contributed by atoms with Gasteiger partial charge < -0.3 is 15.5 Å². The number of para-hydroxylation sites is 1. The molecule has 7 nitrogen and oxygen atoms in total. The standard InChI is InChI=1S/C20H20ClN5O2/c21-16-5-1-2-6-17(16)25-20(28)19(27)24-13-14-7-10-26(11-8-14)18-15(12-22)4-3-9-23-18/h1-6,9,14H,7-8,10-11,13H2,(H,24,27)(H,25,28). The van der Waals surface area contributed by atoms with E-state index in [0.29, 0.717) is 28.6 Å². The summed E-state index contributed by atoms with van der Waals surface area (Å²) in [5, 5.41) is 14.8. The molecule has 1 aromatic carbocycles. The predicted octanol–water partition coefficient (Wildman–Crippen LogP) is 2.58. The van der Waals surface area contributed by atoms with Crippen molar-refractivity contribution in [3.05, 3.63) is 53.2 Å². The zero-order chi connectivity index (χ0) is 19.9. The third-order valence-electron chi connectivity index (χ3n) is 4.70. The molecule has 1 saturated heterocycles. The second-order valence-electron chi connectivity index (χ2n) is 6.56. The van der Waals surface area contributed by atoms with Crippen LogP contribution in [0, 0.1) is 17.2 Å². The molecular weight excluding hydrogens is 378 g/mol. The minimum atomic E-state index is -0.738. The number of piperidine rings is 1. The molecule has 0 aliphatic carbocycles. The van der Waals surface area contributed by atoms with Crippen LogP contribution in [0.25, 0.3) is 0 Å². The number of aromatic nitrogens is 1. The average Bonchev–Trinajstić information content (AvgIpc) is 2.74. The highest BCUT2D eigenvalue weighted by Crippen LogP contribution is 2.24.